The van der Waals surface area contributed by atoms with Crippen LogP contribution in [-0.2, 0) is 0 Å². The van der Waals surface area contributed by atoms with E-state index in [9.17, 15) is 9.18 Å². The Morgan fingerprint density at radius 3 is 2.70 bits per heavy atom. The smallest absolute Gasteiger partial charge is 0.258 e. The molecular formula is C18H15FN6OS. The van der Waals surface area contributed by atoms with Gasteiger partial charge in [-0.2, -0.15) is 0 Å². The third kappa shape index (κ3) is 3.17. The molecule has 4 aromatic rings. The lowest BCUT2D eigenvalue weighted by Crippen LogP contribution is -2.15. The summed E-state index contributed by atoms with van der Waals surface area (Å²) in [4.78, 5) is 19.5. The first-order valence-corrected chi connectivity index (χ1v) is 9.03. The van der Waals surface area contributed by atoms with Crippen molar-refractivity contribution in [1.29, 1.82) is 0 Å². The van der Waals surface area contributed by atoms with Crippen LogP contribution in [0, 0.1) is 5.82 Å². The summed E-state index contributed by atoms with van der Waals surface area (Å²) in [5.74, 6) is 6.36. The van der Waals surface area contributed by atoms with Gasteiger partial charge in [0.15, 0.2) is 5.82 Å². The maximum atomic E-state index is 14.0. The lowest BCUT2D eigenvalue weighted by Gasteiger charge is -2.11. The predicted octanol–water partition coefficient (Wildman–Crippen LogP) is 2.89. The summed E-state index contributed by atoms with van der Waals surface area (Å²) in [6.07, 6.45) is 0. The van der Waals surface area contributed by atoms with Gasteiger partial charge in [0.05, 0.1) is 21.7 Å². The van der Waals surface area contributed by atoms with E-state index in [1.807, 2.05) is 13.0 Å². The number of nitrogens with two attached hydrogens (primary N) is 1. The van der Waals surface area contributed by atoms with Crippen molar-refractivity contribution in [3.05, 3.63) is 70.5 Å². The van der Waals surface area contributed by atoms with Crippen molar-refractivity contribution in [2.75, 3.05) is 5.84 Å². The van der Waals surface area contributed by atoms with Gasteiger partial charge in [-0.05, 0) is 31.2 Å². The molecule has 27 heavy (non-hydrogen) atoms. The summed E-state index contributed by atoms with van der Waals surface area (Å²) in [6.45, 7) is 1.87. The topological polar surface area (TPSA) is 102 Å². The maximum absolute atomic E-state index is 14.0. The van der Waals surface area contributed by atoms with E-state index >= 15 is 0 Å². The second-order valence-electron chi connectivity index (χ2n) is 5.88. The summed E-state index contributed by atoms with van der Waals surface area (Å²) in [6, 6.07) is 13.3. The molecule has 0 aliphatic carbocycles. The van der Waals surface area contributed by atoms with Gasteiger partial charge < -0.3 is 10.8 Å². The Kier molecular flexibility index (Phi) is 4.36. The highest BCUT2D eigenvalue weighted by Gasteiger charge is 2.19. The van der Waals surface area contributed by atoms with Crippen LogP contribution in [0.1, 0.15) is 18.0 Å². The van der Waals surface area contributed by atoms with Crippen molar-refractivity contribution in [3.63, 3.8) is 0 Å². The zero-order valence-electron chi connectivity index (χ0n) is 14.3. The fraction of sp³-hybridized carbons (Fsp3) is 0.111. The second kappa shape index (κ2) is 6.84. The van der Waals surface area contributed by atoms with E-state index in [1.165, 1.54) is 22.5 Å². The van der Waals surface area contributed by atoms with Crippen LogP contribution in [0.4, 0.5) is 4.39 Å². The molecule has 0 fully saturated rings. The number of benzene rings is 2. The number of aromatic amines is 1. The molecule has 0 aliphatic rings. The van der Waals surface area contributed by atoms with Crippen LogP contribution in [0.15, 0.2) is 58.5 Å². The Hall–Kier alpha value is -3.20. The van der Waals surface area contributed by atoms with E-state index in [0.717, 1.165) is 0 Å². The molecular weight excluding hydrogens is 367 g/mol. The monoisotopic (exact) mass is 382 g/mol. The summed E-state index contributed by atoms with van der Waals surface area (Å²) in [7, 11) is 0. The fourth-order valence-electron chi connectivity index (χ4n) is 2.69. The molecule has 9 heteroatoms. The van der Waals surface area contributed by atoms with Gasteiger partial charge in [-0.25, -0.2) is 14.1 Å². The molecule has 1 atom stereocenters. The number of thioether (sulfide) groups is 1. The third-order valence-corrected chi connectivity index (χ3v) is 5.14. The van der Waals surface area contributed by atoms with E-state index in [4.69, 9.17) is 5.84 Å². The Balaban J connectivity index is 1.65. The van der Waals surface area contributed by atoms with Crippen molar-refractivity contribution in [1.82, 2.24) is 24.8 Å². The van der Waals surface area contributed by atoms with Gasteiger partial charge in [0.1, 0.15) is 11.6 Å². The highest BCUT2D eigenvalue weighted by atomic mass is 32.2. The maximum Gasteiger partial charge on any atom is 0.258 e. The molecule has 4 rings (SSSR count). The molecule has 0 radical (unpaired) electrons. The van der Waals surface area contributed by atoms with Crippen LogP contribution < -0.4 is 11.4 Å². The van der Waals surface area contributed by atoms with E-state index in [-0.39, 0.29) is 22.2 Å². The minimum Gasteiger partial charge on any atom is -0.335 e. The quantitative estimate of drug-likeness (QED) is 0.416. The third-order valence-electron chi connectivity index (χ3n) is 4.08. The number of para-hydroxylation sites is 1. The molecule has 0 saturated heterocycles. The largest absolute Gasteiger partial charge is 0.335 e. The first kappa shape index (κ1) is 17.2. The number of nitrogens with zero attached hydrogens (tertiary/aromatic N) is 4. The van der Waals surface area contributed by atoms with Crippen molar-refractivity contribution in [3.8, 4) is 11.4 Å². The average Bonchev–Trinajstić information content (AvgIpc) is 3.02. The number of H-pyrrole nitrogens is 1. The normalized spacial score (nSPS) is 12.4. The summed E-state index contributed by atoms with van der Waals surface area (Å²) < 4.78 is 15.2. The van der Waals surface area contributed by atoms with Gasteiger partial charge in [-0.1, -0.05) is 36.0 Å². The molecule has 2 aromatic heterocycles. The average molecular weight is 382 g/mol. The highest BCUT2D eigenvalue weighted by Crippen LogP contribution is 2.33. The number of nitrogen functional groups attached to an aromatic ring is 1. The molecule has 136 valence electrons. The van der Waals surface area contributed by atoms with E-state index in [1.54, 1.807) is 36.4 Å². The van der Waals surface area contributed by atoms with E-state index in [0.29, 0.717) is 21.9 Å². The Labute approximate surface area is 157 Å². The van der Waals surface area contributed by atoms with Crippen molar-refractivity contribution < 1.29 is 4.39 Å². The number of rotatable bonds is 4. The fourth-order valence-corrected chi connectivity index (χ4v) is 3.52. The molecule has 7 nitrogen and oxygen atoms in total. The van der Waals surface area contributed by atoms with Gasteiger partial charge in [-0.15, -0.1) is 10.2 Å². The van der Waals surface area contributed by atoms with Gasteiger partial charge in [0, 0.05) is 0 Å². The van der Waals surface area contributed by atoms with Crippen LogP contribution >= 0.6 is 11.8 Å². The Bertz CT molecular complexity index is 1190. The van der Waals surface area contributed by atoms with Crippen molar-refractivity contribution in [2.45, 2.75) is 17.3 Å². The molecule has 0 aliphatic heterocycles. The molecule has 2 aromatic carbocycles. The van der Waals surface area contributed by atoms with Crippen LogP contribution in [-0.4, -0.2) is 24.8 Å². The van der Waals surface area contributed by atoms with Crippen LogP contribution in [0.5, 0.6) is 0 Å². The van der Waals surface area contributed by atoms with Gasteiger partial charge >= 0.3 is 0 Å². The lowest BCUT2D eigenvalue weighted by molar-refractivity contribution is 0.629. The molecule has 0 saturated carbocycles. The number of aromatic nitrogens is 5. The second-order valence-corrected chi connectivity index (χ2v) is 7.19. The van der Waals surface area contributed by atoms with E-state index < -0.39 is 5.82 Å². The predicted molar refractivity (Wildman–Crippen MR) is 102 cm³/mol. The number of hydrogen-bond acceptors (Lipinski definition) is 6. The summed E-state index contributed by atoms with van der Waals surface area (Å²) >= 11 is 1.27. The minimum atomic E-state index is -0.429. The Morgan fingerprint density at radius 1 is 1.15 bits per heavy atom. The molecule has 0 bridgehead atoms. The number of halogens is 1. The van der Waals surface area contributed by atoms with Gasteiger partial charge in [0.25, 0.3) is 5.56 Å². The first-order valence-electron chi connectivity index (χ1n) is 8.15. The van der Waals surface area contributed by atoms with Crippen LogP contribution in [0.3, 0.4) is 0 Å². The highest BCUT2D eigenvalue weighted by molar-refractivity contribution is 7.99. The zero-order chi connectivity index (χ0) is 19.0. The molecule has 0 amide bonds. The van der Waals surface area contributed by atoms with E-state index in [2.05, 4.69) is 20.2 Å². The SMILES string of the molecule is C[C@H](Sc1nnc(-c2ccccc2F)n1N)c1nc2ccccc2c(=O)[nH]1. The van der Waals surface area contributed by atoms with Crippen molar-refractivity contribution in [2.24, 2.45) is 0 Å². The number of hydrogen-bond donors (Lipinski definition) is 2. The summed E-state index contributed by atoms with van der Waals surface area (Å²) in [5, 5.41) is 8.71. The van der Waals surface area contributed by atoms with Crippen molar-refractivity contribution >= 4 is 22.7 Å². The van der Waals surface area contributed by atoms with Gasteiger partial charge in [-0.3, -0.25) is 4.79 Å². The summed E-state index contributed by atoms with van der Waals surface area (Å²) in [5.41, 5.74) is 0.679. The minimum absolute atomic E-state index is 0.204. The van der Waals surface area contributed by atoms with Gasteiger partial charge in [0.2, 0.25) is 5.16 Å². The van der Waals surface area contributed by atoms with Crippen LogP contribution in [0.2, 0.25) is 0 Å². The first-order chi connectivity index (χ1) is 13.0. The number of fused-ring (bicyclic) bond motifs is 1. The molecule has 0 spiro atoms. The molecule has 2 heterocycles. The standard InChI is InChI=1S/C18H15FN6OS/c1-10(15-21-14-9-5-3-7-12(14)17(26)22-15)27-18-24-23-16(25(18)20)11-6-2-4-8-13(11)19/h2-10H,20H2,1H3,(H,21,22,26)/t10-/m0/s1. The molecule has 3 N–H and O–H groups in total. The number of nitrogens with one attached hydrogen (secondary N) is 1. The lowest BCUT2D eigenvalue weighted by atomic mass is 10.2. The van der Waals surface area contributed by atoms with Crippen LogP contribution in [0.25, 0.3) is 22.3 Å². The Morgan fingerprint density at radius 2 is 1.89 bits per heavy atom. The zero-order valence-corrected chi connectivity index (χ0v) is 15.1. The molecule has 0 unspecified atom stereocenters.